The smallest absolute Gasteiger partial charge is 0.0765 e. The lowest BCUT2D eigenvalue weighted by Crippen LogP contribution is -2.36. The molecule has 1 aromatic rings. The van der Waals surface area contributed by atoms with Gasteiger partial charge in [-0.15, -0.1) is 0 Å². The normalized spacial score (nSPS) is 13.6. The van der Waals surface area contributed by atoms with Gasteiger partial charge in [0.15, 0.2) is 0 Å². The van der Waals surface area contributed by atoms with Crippen LogP contribution < -0.4 is 4.90 Å². The van der Waals surface area contributed by atoms with Crippen LogP contribution >= 0.6 is 15.9 Å². The van der Waals surface area contributed by atoms with Crippen LogP contribution in [0.5, 0.6) is 0 Å². The lowest BCUT2D eigenvalue weighted by Gasteiger charge is -2.28. The largest absolute Gasteiger partial charge is 0.389 e. The van der Waals surface area contributed by atoms with Crippen LogP contribution in [0.15, 0.2) is 22.7 Å². The molecule has 0 fully saturated rings. The molecule has 1 atom stereocenters. The minimum Gasteiger partial charge on any atom is -0.389 e. The molecular weight excluding hydrogens is 282 g/mol. The van der Waals surface area contributed by atoms with Crippen molar-refractivity contribution < 1.29 is 10.2 Å². The molecule has 0 saturated carbocycles. The Balaban J connectivity index is 2.92. The average molecular weight is 302 g/mol. The summed E-state index contributed by atoms with van der Waals surface area (Å²) in [4.78, 5) is 1.98. The van der Waals surface area contributed by atoms with Crippen molar-refractivity contribution in [1.29, 1.82) is 0 Å². The van der Waals surface area contributed by atoms with Gasteiger partial charge in [0.05, 0.1) is 17.4 Å². The van der Waals surface area contributed by atoms with E-state index in [1.807, 2.05) is 30.1 Å². The van der Waals surface area contributed by atoms with E-state index >= 15 is 0 Å². The molecule has 0 spiro atoms. The number of aliphatic hydroxyl groups excluding tert-OH is 1. The first-order valence-corrected chi connectivity index (χ1v) is 6.41. The van der Waals surface area contributed by atoms with Crippen LogP contribution in [0.1, 0.15) is 32.4 Å². The molecule has 0 unspecified atom stereocenters. The van der Waals surface area contributed by atoms with Crippen LogP contribution in [-0.2, 0) is 0 Å². The summed E-state index contributed by atoms with van der Waals surface area (Å²) in [6.07, 6.45) is -0.472. The van der Waals surface area contributed by atoms with Crippen LogP contribution in [0, 0.1) is 0 Å². The minimum absolute atomic E-state index is 0.472. The summed E-state index contributed by atoms with van der Waals surface area (Å²) in [5.41, 5.74) is 1.13. The molecule has 3 nitrogen and oxygen atoms in total. The molecule has 96 valence electrons. The lowest BCUT2D eigenvalue weighted by molar-refractivity contribution is 0.0886. The maximum absolute atomic E-state index is 9.79. The molecule has 0 aromatic heterocycles. The molecule has 0 bridgehead atoms. The third-order valence-electron chi connectivity index (χ3n) is 2.49. The monoisotopic (exact) mass is 301 g/mol. The fourth-order valence-electron chi connectivity index (χ4n) is 1.76. The highest BCUT2D eigenvalue weighted by Gasteiger charge is 2.17. The summed E-state index contributed by atoms with van der Waals surface area (Å²) < 4.78 is 0.919. The van der Waals surface area contributed by atoms with Crippen molar-refractivity contribution >= 4 is 21.6 Å². The Morgan fingerprint density at radius 1 is 1.41 bits per heavy atom. The summed E-state index contributed by atoms with van der Waals surface area (Å²) in [5, 5.41) is 19.3. The molecule has 0 saturated heterocycles. The molecule has 0 aliphatic rings. The van der Waals surface area contributed by atoms with E-state index in [-0.39, 0.29) is 0 Å². The van der Waals surface area contributed by atoms with Gasteiger partial charge >= 0.3 is 0 Å². The van der Waals surface area contributed by atoms with Crippen molar-refractivity contribution in [2.75, 3.05) is 18.5 Å². The Labute approximate surface area is 111 Å². The Kier molecular flexibility index (Phi) is 4.58. The molecule has 0 aliphatic carbocycles. The summed E-state index contributed by atoms with van der Waals surface area (Å²) in [6, 6.07) is 5.74. The minimum atomic E-state index is -0.739. The van der Waals surface area contributed by atoms with Crippen LogP contribution in [0.25, 0.3) is 0 Å². The first kappa shape index (κ1) is 14.5. The van der Waals surface area contributed by atoms with Crippen molar-refractivity contribution in [3.63, 3.8) is 0 Å². The van der Waals surface area contributed by atoms with Gasteiger partial charge in [-0.25, -0.2) is 0 Å². The van der Waals surface area contributed by atoms with Gasteiger partial charge in [0.2, 0.25) is 0 Å². The Bertz CT molecular complexity index is 385. The fraction of sp³-hybridized carbons (Fsp3) is 0.538. The Hall–Kier alpha value is -0.580. The topological polar surface area (TPSA) is 43.7 Å². The number of nitrogens with zero attached hydrogens (tertiary/aromatic N) is 1. The molecule has 1 aromatic carbocycles. The van der Waals surface area contributed by atoms with E-state index < -0.39 is 11.7 Å². The van der Waals surface area contributed by atoms with Gasteiger partial charge in [-0.3, -0.25) is 0 Å². The zero-order valence-corrected chi connectivity index (χ0v) is 12.3. The van der Waals surface area contributed by atoms with Gasteiger partial charge in [-0.05, 0) is 54.4 Å². The fourth-order valence-corrected chi connectivity index (χ4v) is 2.46. The molecule has 0 amide bonds. The first-order valence-electron chi connectivity index (χ1n) is 5.62. The van der Waals surface area contributed by atoms with Crippen molar-refractivity contribution in [3.8, 4) is 0 Å². The standard InChI is InChI=1S/C13H20BrNO2/c1-9(16)10-5-6-12(11(14)7-10)15(4)8-13(2,3)17/h5-7,9,16-17H,8H2,1-4H3/t9-/m1/s1. The van der Waals surface area contributed by atoms with Gasteiger partial charge in [0.1, 0.15) is 0 Å². The second-order valence-electron chi connectivity index (χ2n) is 5.06. The van der Waals surface area contributed by atoms with Gasteiger partial charge < -0.3 is 15.1 Å². The highest BCUT2D eigenvalue weighted by Crippen LogP contribution is 2.29. The number of halogens is 1. The highest BCUT2D eigenvalue weighted by atomic mass is 79.9. The molecule has 4 heteroatoms. The lowest BCUT2D eigenvalue weighted by atomic mass is 10.1. The van der Waals surface area contributed by atoms with Gasteiger partial charge in [-0.1, -0.05) is 6.07 Å². The zero-order valence-electron chi connectivity index (χ0n) is 10.7. The summed E-state index contributed by atoms with van der Waals surface area (Å²) in [5.74, 6) is 0. The summed E-state index contributed by atoms with van der Waals surface area (Å²) in [7, 11) is 1.93. The number of rotatable bonds is 4. The molecular formula is C13H20BrNO2. The van der Waals surface area contributed by atoms with Crippen molar-refractivity contribution in [2.45, 2.75) is 32.5 Å². The van der Waals surface area contributed by atoms with E-state index in [0.29, 0.717) is 6.54 Å². The second-order valence-corrected chi connectivity index (χ2v) is 5.91. The van der Waals surface area contributed by atoms with E-state index in [1.54, 1.807) is 20.8 Å². The highest BCUT2D eigenvalue weighted by molar-refractivity contribution is 9.10. The number of aliphatic hydroxyl groups is 2. The maximum Gasteiger partial charge on any atom is 0.0765 e. The number of hydrogen-bond donors (Lipinski definition) is 2. The zero-order chi connectivity index (χ0) is 13.2. The SMILES string of the molecule is C[C@@H](O)c1ccc(N(C)CC(C)(C)O)c(Br)c1. The number of anilines is 1. The molecule has 0 aliphatic heterocycles. The average Bonchev–Trinajstić information content (AvgIpc) is 2.14. The Morgan fingerprint density at radius 2 is 2.00 bits per heavy atom. The van der Waals surface area contributed by atoms with Crippen molar-refractivity contribution in [3.05, 3.63) is 28.2 Å². The quantitative estimate of drug-likeness (QED) is 0.899. The van der Waals surface area contributed by atoms with Gasteiger partial charge in [0.25, 0.3) is 0 Å². The molecule has 17 heavy (non-hydrogen) atoms. The van der Waals surface area contributed by atoms with Crippen LogP contribution in [0.2, 0.25) is 0 Å². The number of likely N-dealkylation sites (N-methyl/N-ethyl adjacent to an activating group) is 1. The third kappa shape index (κ3) is 4.30. The van der Waals surface area contributed by atoms with Crippen molar-refractivity contribution in [2.24, 2.45) is 0 Å². The maximum atomic E-state index is 9.79. The van der Waals surface area contributed by atoms with Gasteiger partial charge in [0, 0.05) is 18.1 Å². The second kappa shape index (κ2) is 5.38. The summed E-state index contributed by atoms with van der Waals surface area (Å²) in [6.45, 7) is 5.84. The van der Waals surface area contributed by atoms with E-state index in [4.69, 9.17) is 0 Å². The molecule has 1 rings (SSSR count). The van der Waals surface area contributed by atoms with Crippen LogP contribution in [-0.4, -0.2) is 29.4 Å². The molecule has 0 heterocycles. The summed E-state index contributed by atoms with van der Waals surface area (Å²) >= 11 is 3.49. The first-order chi connectivity index (χ1) is 7.70. The number of hydrogen-bond acceptors (Lipinski definition) is 3. The predicted molar refractivity (Wildman–Crippen MR) is 74.3 cm³/mol. The van der Waals surface area contributed by atoms with E-state index in [0.717, 1.165) is 15.7 Å². The van der Waals surface area contributed by atoms with E-state index in [1.165, 1.54) is 0 Å². The van der Waals surface area contributed by atoms with E-state index in [9.17, 15) is 10.2 Å². The van der Waals surface area contributed by atoms with Gasteiger partial charge in [-0.2, -0.15) is 0 Å². The van der Waals surface area contributed by atoms with E-state index in [2.05, 4.69) is 15.9 Å². The predicted octanol–water partition coefficient (Wildman–Crippen LogP) is 2.71. The van der Waals surface area contributed by atoms with Crippen LogP contribution in [0.4, 0.5) is 5.69 Å². The molecule has 0 radical (unpaired) electrons. The third-order valence-corrected chi connectivity index (χ3v) is 3.12. The Morgan fingerprint density at radius 3 is 2.41 bits per heavy atom. The van der Waals surface area contributed by atoms with Crippen LogP contribution in [0.3, 0.4) is 0 Å². The molecule has 2 N–H and O–H groups in total. The van der Waals surface area contributed by atoms with Crippen molar-refractivity contribution in [1.82, 2.24) is 0 Å². The number of benzene rings is 1.